The van der Waals surface area contributed by atoms with Crippen LogP contribution in [0.3, 0.4) is 0 Å². The fraction of sp³-hybridized carbons (Fsp3) is 0.500. The summed E-state index contributed by atoms with van der Waals surface area (Å²) >= 11 is 3.98. The third-order valence-corrected chi connectivity index (χ3v) is 6.57. The van der Waals surface area contributed by atoms with Gasteiger partial charge in [-0.3, -0.25) is 4.79 Å². The highest BCUT2D eigenvalue weighted by molar-refractivity contribution is 8.19. The number of halogens is 1. The third-order valence-electron chi connectivity index (χ3n) is 3.46. The molecule has 20 heavy (non-hydrogen) atoms. The SMILES string of the molecule is Cl.O=C(NC1CCNC1)c1ccc(C2SCCS2)cc1. The first-order chi connectivity index (χ1) is 9.33. The van der Waals surface area contributed by atoms with E-state index in [1.807, 2.05) is 35.7 Å². The van der Waals surface area contributed by atoms with Crippen LogP contribution in [0.1, 0.15) is 26.9 Å². The zero-order valence-corrected chi connectivity index (χ0v) is 13.6. The molecule has 0 spiro atoms. The minimum atomic E-state index is 0. The lowest BCUT2D eigenvalue weighted by Crippen LogP contribution is -2.36. The maximum atomic E-state index is 12.1. The molecule has 1 atom stereocenters. The Morgan fingerprint density at radius 3 is 2.50 bits per heavy atom. The number of benzene rings is 1. The summed E-state index contributed by atoms with van der Waals surface area (Å²) in [5, 5.41) is 6.33. The van der Waals surface area contributed by atoms with Crippen molar-refractivity contribution >= 4 is 41.8 Å². The molecule has 1 aromatic rings. The Hall–Kier alpha value is -0.360. The Morgan fingerprint density at radius 2 is 1.90 bits per heavy atom. The van der Waals surface area contributed by atoms with Crippen LogP contribution < -0.4 is 10.6 Å². The second-order valence-corrected chi connectivity index (χ2v) is 7.58. The van der Waals surface area contributed by atoms with Gasteiger partial charge < -0.3 is 10.6 Å². The van der Waals surface area contributed by atoms with E-state index in [9.17, 15) is 4.79 Å². The summed E-state index contributed by atoms with van der Waals surface area (Å²) in [5.74, 6) is 2.50. The first-order valence-electron chi connectivity index (χ1n) is 6.68. The van der Waals surface area contributed by atoms with Gasteiger partial charge in [0.15, 0.2) is 0 Å². The molecular formula is C14H19ClN2OS2. The fourth-order valence-corrected chi connectivity index (χ4v) is 5.25. The number of nitrogens with one attached hydrogen (secondary N) is 2. The third kappa shape index (κ3) is 3.85. The normalized spacial score (nSPS) is 22.5. The van der Waals surface area contributed by atoms with Crippen molar-refractivity contribution in [3.63, 3.8) is 0 Å². The van der Waals surface area contributed by atoms with Crippen LogP contribution in [-0.2, 0) is 0 Å². The Balaban J connectivity index is 0.00000147. The van der Waals surface area contributed by atoms with Gasteiger partial charge in [0.25, 0.3) is 5.91 Å². The van der Waals surface area contributed by atoms with E-state index in [4.69, 9.17) is 0 Å². The number of hydrogen-bond donors (Lipinski definition) is 2. The van der Waals surface area contributed by atoms with Crippen LogP contribution in [0.5, 0.6) is 0 Å². The summed E-state index contributed by atoms with van der Waals surface area (Å²) in [6.07, 6.45) is 1.03. The molecule has 6 heteroatoms. The average Bonchev–Trinajstić information content (AvgIpc) is 3.12. The van der Waals surface area contributed by atoms with Crippen molar-refractivity contribution in [1.29, 1.82) is 0 Å². The maximum absolute atomic E-state index is 12.1. The average molecular weight is 331 g/mol. The highest BCUT2D eigenvalue weighted by atomic mass is 35.5. The highest BCUT2D eigenvalue weighted by Gasteiger charge is 2.20. The quantitative estimate of drug-likeness (QED) is 0.894. The standard InChI is InChI=1S/C14H18N2OS2.ClH/c17-13(16-12-5-6-15-9-12)10-1-3-11(4-2-10)14-18-7-8-19-14;/h1-4,12,14-15H,5-9H2,(H,16,17);1H. The first kappa shape index (κ1) is 16.0. The molecule has 0 aromatic heterocycles. The van der Waals surface area contributed by atoms with E-state index in [-0.39, 0.29) is 24.4 Å². The van der Waals surface area contributed by atoms with Crippen LogP contribution >= 0.6 is 35.9 Å². The Kier molecular flexibility index (Phi) is 6.08. The van der Waals surface area contributed by atoms with Crippen LogP contribution in [0, 0.1) is 0 Å². The predicted molar refractivity (Wildman–Crippen MR) is 90.1 cm³/mol. The fourth-order valence-electron chi connectivity index (χ4n) is 2.39. The summed E-state index contributed by atoms with van der Waals surface area (Å²) in [6.45, 7) is 1.89. The van der Waals surface area contributed by atoms with Crippen LogP contribution in [0.2, 0.25) is 0 Å². The van der Waals surface area contributed by atoms with Crippen LogP contribution in [0.15, 0.2) is 24.3 Å². The lowest BCUT2D eigenvalue weighted by atomic mass is 10.1. The summed E-state index contributed by atoms with van der Waals surface area (Å²) in [7, 11) is 0. The van der Waals surface area contributed by atoms with E-state index in [1.54, 1.807) is 0 Å². The molecule has 2 N–H and O–H groups in total. The topological polar surface area (TPSA) is 41.1 Å². The second kappa shape index (κ2) is 7.59. The zero-order valence-electron chi connectivity index (χ0n) is 11.1. The highest BCUT2D eigenvalue weighted by Crippen LogP contribution is 2.45. The molecule has 3 rings (SSSR count). The number of amides is 1. The molecule has 0 aliphatic carbocycles. The van der Waals surface area contributed by atoms with Gasteiger partial charge in [0.1, 0.15) is 0 Å². The predicted octanol–water partition coefficient (Wildman–Crippen LogP) is 2.68. The van der Waals surface area contributed by atoms with Gasteiger partial charge in [-0.25, -0.2) is 0 Å². The minimum Gasteiger partial charge on any atom is -0.348 e. The van der Waals surface area contributed by atoms with Crippen molar-refractivity contribution in [3.8, 4) is 0 Å². The molecule has 1 unspecified atom stereocenters. The molecule has 2 aliphatic rings. The van der Waals surface area contributed by atoms with Gasteiger partial charge >= 0.3 is 0 Å². The van der Waals surface area contributed by atoms with E-state index >= 15 is 0 Å². The molecule has 0 saturated carbocycles. The van der Waals surface area contributed by atoms with Gasteiger partial charge in [-0.1, -0.05) is 12.1 Å². The molecule has 2 saturated heterocycles. The molecular weight excluding hydrogens is 312 g/mol. The number of carbonyl (C=O) groups is 1. The summed E-state index contributed by atoms with van der Waals surface area (Å²) in [6, 6.07) is 8.38. The second-order valence-electron chi connectivity index (χ2n) is 4.86. The van der Waals surface area contributed by atoms with Gasteiger partial charge in [0.05, 0.1) is 4.58 Å². The summed E-state index contributed by atoms with van der Waals surface area (Å²) in [5.41, 5.74) is 2.09. The summed E-state index contributed by atoms with van der Waals surface area (Å²) < 4.78 is 0.552. The Labute approximate surface area is 134 Å². The smallest absolute Gasteiger partial charge is 0.251 e. The van der Waals surface area contributed by atoms with E-state index < -0.39 is 0 Å². The first-order valence-corrected chi connectivity index (χ1v) is 8.77. The number of rotatable bonds is 3. The van der Waals surface area contributed by atoms with Gasteiger partial charge in [-0.2, -0.15) is 0 Å². The number of carbonyl (C=O) groups excluding carboxylic acids is 1. The summed E-state index contributed by atoms with van der Waals surface area (Å²) in [4.78, 5) is 12.1. The number of thioether (sulfide) groups is 2. The van der Waals surface area contributed by atoms with Gasteiger partial charge in [0.2, 0.25) is 0 Å². The van der Waals surface area contributed by atoms with Gasteiger partial charge in [-0.05, 0) is 30.7 Å². The van der Waals surface area contributed by atoms with Crippen LogP contribution in [0.25, 0.3) is 0 Å². The zero-order chi connectivity index (χ0) is 13.1. The van der Waals surface area contributed by atoms with E-state index in [1.165, 1.54) is 17.1 Å². The van der Waals surface area contributed by atoms with Crippen molar-refractivity contribution in [1.82, 2.24) is 10.6 Å². The minimum absolute atomic E-state index is 0. The van der Waals surface area contributed by atoms with Gasteiger partial charge in [0, 0.05) is 29.7 Å². The molecule has 110 valence electrons. The van der Waals surface area contributed by atoms with Crippen molar-refractivity contribution in [2.75, 3.05) is 24.6 Å². The van der Waals surface area contributed by atoms with E-state index in [0.717, 1.165) is 25.1 Å². The molecule has 0 bridgehead atoms. The Morgan fingerprint density at radius 1 is 1.20 bits per heavy atom. The number of hydrogen-bond acceptors (Lipinski definition) is 4. The van der Waals surface area contributed by atoms with Crippen molar-refractivity contribution < 1.29 is 4.79 Å². The van der Waals surface area contributed by atoms with Crippen molar-refractivity contribution in [3.05, 3.63) is 35.4 Å². The largest absolute Gasteiger partial charge is 0.348 e. The monoisotopic (exact) mass is 330 g/mol. The Bertz CT molecular complexity index is 443. The van der Waals surface area contributed by atoms with E-state index in [2.05, 4.69) is 22.8 Å². The maximum Gasteiger partial charge on any atom is 0.251 e. The molecule has 2 fully saturated rings. The van der Waals surface area contributed by atoms with Gasteiger partial charge in [-0.15, -0.1) is 35.9 Å². The molecule has 0 radical (unpaired) electrons. The van der Waals surface area contributed by atoms with Crippen molar-refractivity contribution in [2.24, 2.45) is 0 Å². The van der Waals surface area contributed by atoms with Crippen LogP contribution in [0.4, 0.5) is 0 Å². The lowest BCUT2D eigenvalue weighted by molar-refractivity contribution is 0.0940. The van der Waals surface area contributed by atoms with E-state index in [0.29, 0.717) is 4.58 Å². The molecule has 3 nitrogen and oxygen atoms in total. The molecule has 1 aromatic carbocycles. The lowest BCUT2D eigenvalue weighted by Gasteiger charge is -2.12. The molecule has 1 amide bonds. The van der Waals surface area contributed by atoms with Crippen molar-refractivity contribution in [2.45, 2.75) is 17.0 Å². The van der Waals surface area contributed by atoms with Crippen LogP contribution in [-0.4, -0.2) is 36.5 Å². The molecule has 2 aliphatic heterocycles. The molecule has 2 heterocycles.